The van der Waals surface area contributed by atoms with Crippen molar-refractivity contribution in [2.75, 3.05) is 32.7 Å². The smallest absolute Gasteiger partial charge is 0.318 e. The van der Waals surface area contributed by atoms with Gasteiger partial charge >= 0.3 is 6.03 Å². The second-order valence-corrected chi connectivity index (χ2v) is 9.71. The summed E-state index contributed by atoms with van der Waals surface area (Å²) in [5.74, 6) is -3.74. The number of alkyl halides is 2. The number of rotatable bonds is 8. The summed E-state index contributed by atoms with van der Waals surface area (Å²) in [5, 5.41) is 13.5. The Morgan fingerprint density at radius 3 is 2.40 bits per heavy atom. The molecule has 3 amide bonds. The fourth-order valence-corrected chi connectivity index (χ4v) is 4.85. The van der Waals surface area contributed by atoms with E-state index in [1.165, 1.54) is 12.8 Å². The van der Waals surface area contributed by atoms with E-state index < -0.39 is 30.3 Å². The number of nitrogens with zero attached hydrogens (tertiary/aromatic N) is 3. The number of carbonyl (C=O) groups excluding carboxylic acids is 2. The Hall–Kier alpha value is -1.95. The molecule has 1 unspecified atom stereocenters. The second kappa shape index (κ2) is 8.29. The SMILES string of the molecule is N#CCNC(=O)C(CC(F)(F)CC1CC1)NC(=O)N1CC2(CCN(C3CC3)CC2)C1. The fourth-order valence-electron chi connectivity index (χ4n) is 4.85. The van der Waals surface area contributed by atoms with Crippen molar-refractivity contribution >= 4 is 11.9 Å². The van der Waals surface area contributed by atoms with Crippen molar-refractivity contribution in [2.24, 2.45) is 11.3 Å². The maximum absolute atomic E-state index is 14.4. The van der Waals surface area contributed by atoms with Gasteiger partial charge in [-0.2, -0.15) is 5.26 Å². The van der Waals surface area contributed by atoms with Crippen LogP contribution in [0.4, 0.5) is 13.6 Å². The summed E-state index contributed by atoms with van der Waals surface area (Å²) in [6.07, 6.45) is 5.29. The zero-order chi connectivity index (χ0) is 21.4. The van der Waals surface area contributed by atoms with Gasteiger partial charge in [0.25, 0.3) is 5.92 Å². The molecule has 1 spiro atoms. The zero-order valence-electron chi connectivity index (χ0n) is 17.3. The molecule has 2 N–H and O–H groups in total. The van der Waals surface area contributed by atoms with Crippen molar-refractivity contribution in [2.45, 2.75) is 69.4 Å². The molecule has 2 aliphatic heterocycles. The van der Waals surface area contributed by atoms with Crippen LogP contribution >= 0.6 is 0 Å². The normalized spacial score (nSPS) is 24.6. The molecule has 2 saturated heterocycles. The van der Waals surface area contributed by atoms with Crippen molar-refractivity contribution in [1.29, 1.82) is 5.26 Å². The maximum Gasteiger partial charge on any atom is 0.318 e. The van der Waals surface area contributed by atoms with Gasteiger partial charge in [0.05, 0.1) is 6.07 Å². The quantitative estimate of drug-likeness (QED) is 0.585. The van der Waals surface area contributed by atoms with Crippen molar-refractivity contribution in [3.8, 4) is 6.07 Å². The van der Waals surface area contributed by atoms with E-state index in [0.717, 1.165) is 44.8 Å². The Balaban J connectivity index is 1.29. The third kappa shape index (κ3) is 5.20. The maximum atomic E-state index is 14.4. The summed E-state index contributed by atoms with van der Waals surface area (Å²) >= 11 is 0. The Morgan fingerprint density at radius 2 is 1.83 bits per heavy atom. The van der Waals surface area contributed by atoms with Gasteiger partial charge < -0.3 is 20.4 Å². The summed E-state index contributed by atoms with van der Waals surface area (Å²) < 4.78 is 28.7. The first-order valence-electron chi connectivity index (χ1n) is 11.1. The van der Waals surface area contributed by atoms with E-state index in [2.05, 4.69) is 15.5 Å². The van der Waals surface area contributed by atoms with Crippen LogP contribution in [-0.2, 0) is 4.79 Å². The van der Waals surface area contributed by atoms with Crippen LogP contribution in [0.25, 0.3) is 0 Å². The van der Waals surface area contributed by atoms with E-state index in [1.807, 2.05) is 0 Å². The number of halogens is 2. The first-order valence-corrected chi connectivity index (χ1v) is 11.1. The van der Waals surface area contributed by atoms with Crippen LogP contribution in [0.2, 0.25) is 0 Å². The van der Waals surface area contributed by atoms with Gasteiger partial charge in [-0.05, 0) is 57.5 Å². The number of nitrogens with one attached hydrogen (secondary N) is 2. The first-order chi connectivity index (χ1) is 14.3. The van der Waals surface area contributed by atoms with E-state index >= 15 is 0 Å². The van der Waals surface area contributed by atoms with E-state index in [1.54, 1.807) is 11.0 Å². The average molecular weight is 424 g/mol. The van der Waals surface area contributed by atoms with Gasteiger partial charge in [0.1, 0.15) is 12.6 Å². The number of hydrogen-bond donors (Lipinski definition) is 2. The predicted octanol–water partition coefficient (Wildman–Crippen LogP) is 2.09. The highest BCUT2D eigenvalue weighted by Gasteiger charge is 2.49. The second-order valence-electron chi connectivity index (χ2n) is 9.71. The largest absolute Gasteiger partial charge is 0.341 e. The van der Waals surface area contributed by atoms with Crippen LogP contribution in [0.3, 0.4) is 0 Å². The highest BCUT2D eigenvalue weighted by molar-refractivity contribution is 5.87. The molecule has 2 aliphatic carbocycles. The molecule has 0 aromatic heterocycles. The molecule has 0 bridgehead atoms. The average Bonchev–Trinajstić information content (AvgIpc) is 3.58. The highest BCUT2D eigenvalue weighted by Crippen LogP contribution is 2.43. The summed E-state index contributed by atoms with van der Waals surface area (Å²) in [6.45, 7) is 3.08. The molecule has 0 aromatic carbocycles. The van der Waals surface area contributed by atoms with Crippen molar-refractivity contribution in [1.82, 2.24) is 20.4 Å². The molecule has 9 heteroatoms. The lowest BCUT2D eigenvalue weighted by atomic mass is 9.72. The monoisotopic (exact) mass is 423 g/mol. The third-order valence-corrected chi connectivity index (χ3v) is 7.00. The number of hydrogen-bond acceptors (Lipinski definition) is 4. The standard InChI is InChI=1S/C21H31F2N5O2/c22-21(23,11-15-1-2-15)12-17(18(29)25-8-7-24)26-19(30)28-13-20(14-28)5-9-27(10-6-20)16-3-4-16/h15-17H,1-6,8-14H2,(H,25,29)(H,26,30). The first kappa shape index (κ1) is 21.3. The van der Waals surface area contributed by atoms with Crippen LogP contribution in [-0.4, -0.2) is 72.5 Å². The molecule has 2 saturated carbocycles. The van der Waals surface area contributed by atoms with E-state index in [4.69, 9.17) is 5.26 Å². The molecule has 1 atom stereocenters. The molecule has 4 aliphatic rings. The van der Waals surface area contributed by atoms with Gasteiger partial charge in [0.15, 0.2) is 0 Å². The zero-order valence-corrected chi connectivity index (χ0v) is 17.3. The van der Waals surface area contributed by atoms with Gasteiger partial charge in [-0.25, -0.2) is 13.6 Å². The van der Waals surface area contributed by atoms with Crippen LogP contribution in [0, 0.1) is 22.7 Å². The van der Waals surface area contributed by atoms with Crippen molar-refractivity contribution in [3.05, 3.63) is 0 Å². The van der Waals surface area contributed by atoms with Crippen molar-refractivity contribution < 1.29 is 18.4 Å². The molecule has 0 aromatic rings. The van der Waals surface area contributed by atoms with Gasteiger partial charge in [-0.3, -0.25) is 4.79 Å². The highest BCUT2D eigenvalue weighted by atomic mass is 19.3. The van der Waals surface area contributed by atoms with E-state index in [-0.39, 0.29) is 24.3 Å². The Morgan fingerprint density at radius 1 is 1.17 bits per heavy atom. The number of likely N-dealkylation sites (tertiary alicyclic amines) is 2. The van der Waals surface area contributed by atoms with Gasteiger partial charge in [-0.1, -0.05) is 0 Å². The predicted molar refractivity (Wildman–Crippen MR) is 106 cm³/mol. The summed E-state index contributed by atoms with van der Waals surface area (Å²) in [7, 11) is 0. The molecule has 4 fully saturated rings. The van der Waals surface area contributed by atoms with Crippen LogP contribution < -0.4 is 10.6 Å². The lowest BCUT2D eigenvalue weighted by Crippen LogP contribution is -2.65. The number of nitriles is 1. The molecule has 7 nitrogen and oxygen atoms in total. The molecule has 166 valence electrons. The van der Waals surface area contributed by atoms with E-state index in [9.17, 15) is 18.4 Å². The fraction of sp³-hybridized carbons (Fsp3) is 0.857. The Kier molecular flexibility index (Phi) is 5.88. The summed E-state index contributed by atoms with van der Waals surface area (Å²) in [6, 6.07) is 0.713. The summed E-state index contributed by atoms with van der Waals surface area (Å²) in [5.41, 5.74) is 0.136. The number of piperidine rings is 1. The third-order valence-electron chi connectivity index (χ3n) is 7.00. The van der Waals surface area contributed by atoms with Gasteiger partial charge in [-0.15, -0.1) is 0 Å². The molecule has 4 rings (SSSR count). The van der Waals surface area contributed by atoms with Gasteiger partial charge in [0.2, 0.25) is 5.91 Å². The lowest BCUT2D eigenvalue weighted by molar-refractivity contribution is -0.126. The lowest BCUT2D eigenvalue weighted by Gasteiger charge is -2.54. The topological polar surface area (TPSA) is 88.5 Å². The number of amides is 3. The Bertz CT molecular complexity index is 701. The van der Waals surface area contributed by atoms with Crippen LogP contribution in [0.15, 0.2) is 0 Å². The molecule has 30 heavy (non-hydrogen) atoms. The molecule has 2 heterocycles. The summed E-state index contributed by atoms with van der Waals surface area (Å²) in [4.78, 5) is 29.1. The minimum Gasteiger partial charge on any atom is -0.341 e. The molecular formula is C21H31F2N5O2. The van der Waals surface area contributed by atoms with Crippen LogP contribution in [0.1, 0.15) is 51.4 Å². The Labute approximate surface area is 176 Å². The minimum atomic E-state index is -3.02. The van der Waals surface area contributed by atoms with E-state index in [0.29, 0.717) is 13.1 Å². The van der Waals surface area contributed by atoms with Crippen molar-refractivity contribution in [3.63, 3.8) is 0 Å². The number of carbonyl (C=O) groups is 2. The van der Waals surface area contributed by atoms with Gasteiger partial charge in [0, 0.05) is 37.4 Å². The molecule has 0 radical (unpaired) electrons. The van der Waals surface area contributed by atoms with Crippen LogP contribution in [0.5, 0.6) is 0 Å². The number of urea groups is 1. The molecular weight excluding hydrogens is 392 g/mol. The minimum absolute atomic E-state index is 0.00951.